The van der Waals surface area contributed by atoms with Crippen LogP contribution in [0.4, 0.5) is 0 Å². The first-order valence-corrected chi connectivity index (χ1v) is 1.19. The van der Waals surface area contributed by atoms with Crippen molar-refractivity contribution in [3.05, 3.63) is 0 Å². The second-order valence-corrected chi connectivity index (χ2v) is 0.598. The molecule has 42 valence electrons. The number of rotatable bonds is 1. The van der Waals surface area contributed by atoms with Gasteiger partial charge in [-0.1, -0.05) is 0 Å². The molecule has 0 rings (SSSR count). The van der Waals surface area contributed by atoms with E-state index in [0.29, 0.717) is 0 Å². The van der Waals surface area contributed by atoms with Crippen LogP contribution in [0.5, 0.6) is 0 Å². The largest absolute Gasteiger partial charge is 2.00 e. The van der Waals surface area contributed by atoms with Crippen LogP contribution < -0.4 is 5.73 Å². The van der Waals surface area contributed by atoms with Crippen LogP contribution in [-0.4, -0.2) is 40.7 Å². The zero-order valence-electron chi connectivity index (χ0n) is 5.70. The van der Waals surface area contributed by atoms with Crippen LogP contribution in [-0.2, 0) is 21.9 Å². The summed E-state index contributed by atoms with van der Waals surface area (Å²) in [7, 11) is 0. The van der Waals surface area contributed by atoms with E-state index in [1.165, 1.54) is 0 Å². The average molecular weight is 157 g/mol. The summed E-state index contributed by atoms with van der Waals surface area (Å²) < 4.78 is 0. The van der Waals surface area contributed by atoms with E-state index in [0.717, 1.165) is 0 Å². The van der Waals surface area contributed by atoms with E-state index in [4.69, 9.17) is 5.11 Å². The summed E-state index contributed by atoms with van der Waals surface area (Å²) in [5, 5.41) is 7.60. The van der Waals surface area contributed by atoms with Gasteiger partial charge in [-0.2, -0.15) is 0 Å². The molecule has 5 heteroatoms. The maximum Gasteiger partial charge on any atom is 2.00 e. The fourth-order valence-corrected chi connectivity index (χ4v) is 0. The van der Waals surface area contributed by atoms with Crippen LogP contribution in [0.1, 0.15) is 2.85 Å². The first kappa shape index (κ1) is 15.6. The summed E-state index contributed by atoms with van der Waals surface area (Å²) in [6, 6.07) is 0. The Hall–Kier alpha value is 0.716. The molecule has 3 nitrogen and oxygen atoms in total. The minimum Gasteiger partial charge on any atom is -1.00 e. The summed E-state index contributed by atoms with van der Waals surface area (Å²) in [6.45, 7) is -0.278. The van der Waals surface area contributed by atoms with Crippen molar-refractivity contribution in [2.24, 2.45) is 5.73 Å². The van der Waals surface area contributed by atoms with Crippen molar-refractivity contribution in [1.29, 1.82) is 0 Å². The van der Waals surface area contributed by atoms with Gasteiger partial charge < -0.3 is 13.7 Å². The van der Waals surface area contributed by atoms with Gasteiger partial charge >= 0.3 is 29.0 Å². The van der Waals surface area contributed by atoms with E-state index >= 15 is 0 Å². The number of hydrogen-bond acceptors (Lipinski definition) is 2. The molecule has 0 radical (unpaired) electrons. The predicted octanol–water partition coefficient (Wildman–Crippen LogP) is -1.13. The molecule has 3 N–H and O–H groups in total. The molecule has 0 aromatic heterocycles. The van der Waals surface area contributed by atoms with Gasteiger partial charge in [0.1, 0.15) is 0 Å². The Morgan fingerprint density at radius 1 is 1.86 bits per heavy atom. The standard InChI is InChI=1S/C2H5NO2.Fe.Mg.2H/c3-1-2(4)5;;;;/h1,3H2,(H,4,5);;;;/q;;+2;2*-1. The van der Waals surface area contributed by atoms with Gasteiger partial charge in [0.2, 0.25) is 0 Å². The summed E-state index contributed by atoms with van der Waals surface area (Å²) in [4.78, 5) is 9.24. The number of aliphatic carboxylic acids is 1. The second kappa shape index (κ2) is 9.87. The molecule has 0 amide bonds. The minimum absolute atomic E-state index is 0. The number of carboxylic acid groups (broad SMARTS) is 1. The molecule has 0 aliphatic rings. The molecule has 0 unspecified atom stereocenters. The monoisotopic (exact) mass is 157 g/mol. The topological polar surface area (TPSA) is 63.3 Å². The fraction of sp³-hybridized carbons (Fsp3) is 0.500. The summed E-state index contributed by atoms with van der Waals surface area (Å²) in [6.07, 6.45) is 0. The molecule has 0 saturated heterocycles. The molecule has 0 bridgehead atoms. The Labute approximate surface area is 71.2 Å². The Bertz CT molecular complexity index is 57.8. The normalized spacial score (nSPS) is 5.29. The molecule has 0 atom stereocenters. The molecule has 0 spiro atoms. The maximum atomic E-state index is 9.24. The van der Waals surface area contributed by atoms with E-state index in [9.17, 15) is 4.79 Å². The van der Waals surface area contributed by atoms with Crippen molar-refractivity contribution >= 4 is 29.0 Å². The molecule has 0 aliphatic heterocycles. The van der Waals surface area contributed by atoms with Crippen molar-refractivity contribution in [3.8, 4) is 0 Å². The Kier molecular flexibility index (Phi) is 22.1. The SMILES string of the molecule is NCC(=O)O.[Fe].[H-].[H-].[Mg+2]. The van der Waals surface area contributed by atoms with E-state index < -0.39 is 5.97 Å². The van der Waals surface area contributed by atoms with Gasteiger partial charge in [0.15, 0.2) is 0 Å². The van der Waals surface area contributed by atoms with Gasteiger partial charge in [0.05, 0.1) is 6.54 Å². The van der Waals surface area contributed by atoms with Crippen LogP contribution in [0, 0.1) is 0 Å². The van der Waals surface area contributed by atoms with Gasteiger partial charge in [-0.3, -0.25) is 4.79 Å². The number of carbonyl (C=O) groups is 1. The summed E-state index contributed by atoms with van der Waals surface area (Å²) >= 11 is 0. The van der Waals surface area contributed by atoms with Crippen molar-refractivity contribution in [1.82, 2.24) is 0 Å². The van der Waals surface area contributed by atoms with E-state index in [-0.39, 0.29) is 49.5 Å². The summed E-state index contributed by atoms with van der Waals surface area (Å²) in [5.74, 6) is -0.968. The molecule has 0 fully saturated rings. The number of hydrogen-bond donors (Lipinski definition) is 2. The Morgan fingerprint density at radius 2 is 2.00 bits per heavy atom. The number of carboxylic acids is 1. The van der Waals surface area contributed by atoms with E-state index in [1.54, 1.807) is 0 Å². The third-order valence-corrected chi connectivity index (χ3v) is 0.175. The van der Waals surface area contributed by atoms with Gasteiger partial charge in [-0.15, -0.1) is 0 Å². The average Bonchev–Trinajstić information content (AvgIpc) is 1.38. The zero-order valence-corrected chi connectivity index (χ0v) is 6.22. The first-order valence-electron chi connectivity index (χ1n) is 1.19. The van der Waals surface area contributed by atoms with Crippen molar-refractivity contribution in [3.63, 3.8) is 0 Å². The number of nitrogens with two attached hydrogens (primary N) is 1. The quantitative estimate of drug-likeness (QED) is 0.473. The first-order chi connectivity index (χ1) is 2.27. The Morgan fingerprint density at radius 3 is 2.00 bits per heavy atom. The fourth-order valence-electron chi connectivity index (χ4n) is 0. The smallest absolute Gasteiger partial charge is 1.00 e. The van der Waals surface area contributed by atoms with Crippen LogP contribution in [0.25, 0.3) is 0 Å². The van der Waals surface area contributed by atoms with Gasteiger partial charge in [-0.25, -0.2) is 0 Å². The van der Waals surface area contributed by atoms with E-state index in [2.05, 4.69) is 5.73 Å². The van der Waals surface area contributed by atoms with Crippen molar-refractivity contribution in [2.75, 3.05) is 6.54 Å². The minimum atomic E-state index is -0.968. The predicted molar refractivity (Wildman–Crippen MR) is 24.7 cm³/mol. The van der Waals surface area contributed by atoms with Crippen LogP contribution in [0.15, 0.2) is 0 Å². The molecule has 0 heterocycles. The van der Waals surface area contributed by atoms with Crippen molar-refractivity contribution < 1.29 is 29.8 Å². The molecule has 0 aromatic carbocycles. The maximum absolute atomic E-state index is 9.24. The molecule has 0 aliphatic carbocycles. The third kappa shape index (κ3) is 20.2. The molecular weight excluding hydrogens is 150 g/mol. The molecular formula is C2H7FeMgNO2. The van der Waals surface area contributed by atoms with Crippen molar-refractivity contribution in [2.45, 2.75) is 0 Å². The van der Waals surface area contributed by atoms with Gasteiger partial charge in [0, 0.05) is 17.1 Å². The second-order valence-electron chi connectivity index (χ2n) is 0.598. The summed E-state index contributed by atoms with van der Waals surface area (Å²) in [5.41, 5.74) is 4.57. The zero-order chi connectivity index (χ0) is 4.28. The van der Waals surface area contributed by atoms with Crippen LogP contribution >= 0.6 is 0 Å². The van der Waals surface area contributed by atoms with E-state index in [1.807, 2.05) is 0 Å². The van der Waals surface area contributed by atoms with Crippen LogP contribution in [0.3, 0.4) is 0 Å². The molecule has 0 aromatic rings. The van der Waals surface area contributed by atoms with Gasteiger partial charge in [0.25, 0.3) is 0 Å². The molecule has 7 heavy (non-hydrogen) atoms. The Balaban J connectivity index is -0.0000000133. The van der Waals surface area contributed by atoms with Gasteiger partial charge in [-0.05, 0) is 0 Å². The molecule has 0 saturated carbocycles. The van der Waals surface area contributed by atoms with Crippen LogP contribution in [0.2, 0.25) is 0 Å². The third-order valence-electron chi connectivity index (χ3n) is 0.175.